The van der Waals surface area contributed by atoms with Crippen molar-refractivity contribution in [3.8, 4) is 0 Å². The molecule has 13 heavy (non-hydrogen) atoms. The van der Waals surface area contributed by atoms with Gasteiger partial charge in [-0.15, -0.1) is 0 Å². The van der Waals surface area contributed by atoms with Crippen molar-refractivity contribution in [3.05, 3.63) is 0 Å². The van der Waals surface area contributed by atoms with E-state index < -0.39 is 0 Å². The van der Waals surface area contributed by atoms with E-state index in [1.165, 1.54) is 0 Å². The van der Waals surface area contributed by atoms with Gasteiger partial charge in [-0.05, 0) is 12.8 Å². The first kappa shape index (κ1) is 12.4. The number of rotatable bonds is 7. The Balaban J connectivity index is 3.64. The zero-order chi connectivity index (χ0) is 10.3. The summed E-state index contributed by atoms with van der Waals surface area (Å²) in [4.78, 5) is 10.9. The van der Waals surface area contributed by atoms with E-state index in [0.717, 1.165) is 0 Å². The molecule has 0 saturated heterocycles. The summed E-state index contributed by atoms with van der Waals surface area (Å²) in [5.74, 6) is -0.0781. The second kappa shape index (κ2) is 6.86. The molecular formula is C9H20N2O2. The zero-order valence-electron chi connectivity index (χ0n) is 8.67. The van der Waals surface area contributed by atoms with Gasteiger partial charge in [-0.25, -0.2) is 0 Å². The van der Waals surface area contributed by atoms with Crippen LogP contribution in [0.25, 0.3) is 0 Å². The first-order chi connectivity index (χ1) is 6.09. The number of ether oxygens (including phenoxy) is 1. The molecule has 0 spiro atoms. The maximum absolute atomic E-state index is 10.9. The van der Waals surface area contributed by atoms with Crippen LogP contribution < -0.4 is 11.1 Å². The van der Waals surface area contributed by atoms with Crippen LogP contribution in [0.2, 0.25) is 0 Å². The zero-order valence-corrected chi connectivity index (χ0v) is 8.67. The summed E-state index contributed by atoms with van der Waals surface area (Å²) < 4.78 is 5.13. The fourth-order valence-electron chi connectivity index (χ4n) is 1.10. The predicted octanol–water partition coefficient (Wildman–Crippen LogP) is 0.122. The summed E-state index contributed by atoms with van der Waals surface area (Å²) in [6.45, 7) is 7.84. The van der Waals surface area contributed by atoms with E-state index in [1.807, 2.05) is 20.8 Å². The molecule has 4 nitrogen and oxygen atoms in total. The van der Waals surface area contributed by atoms with Crippen LogP contribution in [0.3, 0.4) is 0 Å². The van der Waals surface area contributed by atoms with Crippen molar-refractivity contribution < 1.29 is 9.53 Å². The Hall–Kier alpha value is -0.610. The van der Waals surface area contributed by atoms with Crippen LogP contribution in [0.4, 0.5) is 0 Å². The molecule has 0 aliphatic heterocycles. The fraction of sp³-hybridized carbons (Fsp3) is 0.889. The molecule has 1 atom stereocenters. The number of carbonyl (C=O) groups excluding carboxylic acids is 1. The molecule has 0 radical (unpaired) electrons. The maximum Gasteiger partial charge on any atom is 0.234 e. The third kappa shape index (κ3) is 5.60. The second-order valence-corrected chi connectivity index (χ2v) is 3.28. The van der Waals surface area contributed by atoms with Gasteiger partial charge >= 0.3 is 0 Å². The molecule has 0 bridgehead atoms. The largest absolute Gasteiger partial charge is 0.380 e. The molecule has 4 heteroatoms. The molecule has 78 valence electrons. The van der Waals surface area contributed by atoms with Crippen molar-refractivity contribution in [1.82, 2.24) is 5.32 Å². The van der Waals surface area contributed by atoms with Crippen molar-refractivity contribution in [1.29, 1.82) is 0 Å². The summed E-state index contributed by atoms with van der Waals surface area (Å²) in [6, 6.07) is -0.250. The monoisotopic (exact) mass is 188 g/mol. The Bertz CT molecular complexity index is 149. The highest BCUT2D eigenvalue weighted by Crippen LogP contribution is 1.99. The molecule has 0 aliphatic rings. The van der Waals surface area contributed by atoms with Gasteiger partial charge in [0.25, 0.3) is 0 Å². The number of amides is 1. The van der Waals surface area contributed by atoms with Crippen LogP contribution in [0.15, 0.2) is 0 Å². The lowest BCUT2D eigenvalue weighted by Crippen LogP contribution is -2.46. The van der Waals surface area contributed by atoms with E-state index in [2.05, 4.69) is 5.32 Å². The fourth-order valence-corrected chi connectivity index (χ4v) is 1.10. The van der Waals surface area contributed by atoms with Crippen molar-refractivity contribution in [2.24, 2.45) is 11.7 Å². The third-order valence-electron chi connectivity index (χ3n) is 1.79. The molecule has 1 unspecified atom stereocenters. The van der Waals surface area contributed by atoms with Crippen LogP contribution in [0, 0.1) is 5.92 Å². The number of carbonyl (C=O) groups is 1. The second-order valence-electron chi connectivity index (χ2n) is 3.28. The van der Waals surface area contributed by atoms with E-state index in [0.29, 0.717) is 19.8 Å². The van der Waals surface area contributed by atoms with Gasteiger partial charge < -0.3 is 15.8 Å². The van der Waals surface area contributed by atoms with Crippen LogP contribution in [0.1, 0.15) is 20.8 Å². The van der Waals surface area contributed by atoms with Gasteiger partial charge in [0.2, 0.25) is 5.91 Å². The van der Waals surface area contributed by atoms with E-state index in [9.17, 15) is 4.79 Å². The first-order valence-corrected chi connectivity index (χ1v) is 4.70. The predicted molar refractivity (Wildman–Crippen MR) is 52.3 cm³/mol. The Labute approximate surface area is 79.8 Å². The normalized spacial score (nSPS) is 13.2. The van der Waals surface area contributed by atoms with Crippen LogP contribution >= 0.6 is 0 Å². The van der Waals surface area contributed by atoms with Crippen LogP contribution in [-0.2, 0) is 9.53 Å². The highest BCUT2D eigenvalue weighted by atomic mass is 16.5. The minimum Gasteiger partial charge on any atom is -0.380 e. The number of hydrogen-bond donors (Lipinski definition) is 2. The first-order valence-electron chi connectivity index (χ1n) is 4.70. The molecule has 0 aromatic carbocycles. The van der Waals surface area contributed by atoms with E-state index in [4.69, 9.17) is 10.5 Å². The lowest BCUT2D eigenvalue weighted by molar-refractivity contribution is -0.121. The minimum absolute atomic E-state index is 0.221. The smallest absolute Gasteiger partial charge is 0.234 e. The number of primary amides is 1. The molecule has 3 N–H and O–H groups in total. The number of nitrogens with one attached hydrogen (secondary N) is 1. The highest BCUT2D eigenvalue weighted by molar-refractivity contribution is 5.80. The number of hydrogen-bond acceptors (Lipinski definition) is 3. The molecule has 0 saturated carbocycles. The van der Waals surface area contributed by atoms with Crippen molar-refractivity contribution in [2.45, 2.75) is 26.8 Å². The molecule has 0 fully saturated rings. The molecule has 0 aliphatic carbocycles. The van der Waals surface area contributed by atoms with Gasteiger partial charge in [0.05, 0.1) is 12.6 Å². The molecule has 0 aromatic heterocycles. The summed E-state index contributed by atoms with van der Waals surface area (Å²) in [5.41, 5.74) is 5.21. The van der Waals surface area contributed by atoms with Crippen LogP contribution in [0.5, 0.6) is 0 Å². The summed E-state index contributed by atoms with van der Waals surface area (Å²) in [5, 5.41) is 3.05. The standard InChI is InChI=1S/C9H20N2O2/c1-4-13-6-5-11-8(7(2)3)9(10)12/h7-8,11H,4-6H2,1-3H3,(H2,10,12). The SMILES string of the molecule is CCOCCNC(C(N)=O)C(C)C. The topological polar surface area (TPSA) is 64.3 Å². The van der Waals surface area contributed by atoms with Gasteiger partial charge in [-0.2, -0.15) is 0 Å². The average molecular weight is 188 g/mol. The molecule has 0 aromatic rings. The van der Waals surface area contributed by atoms with Gasteiger partial charge in [0.15, 0.2) is 0 Å². The van der Waals surface area contributed by atoms with Crippen molar-refractivity contribution in [2.75, 3.05) is 19.8 Å². The Morgan fingerprint density at radius 2 is 2.15 bits per heavy atom. The third-order valence-corrected chi connectivity index (χ3v) is 1.79. The van der Waals surface area contributed by atoms with Gasteiger partial charge in [0, 0.05) is 13.2 Å². The maximum atomic E-state index is 10.9. The van der Waals surface area contributed by atoms with Crippen molar-refractivity contribution in [3.63, 3.8) is 0 Å². The van der Waals surface area contributed by atoms with E-state index >= 15 is 0 Å². The molecule has 0 rings (SSSR count). The van der Waals surface area contributed by atoms with Gasteiger partial charge in [-0.1, -0.05) is 13.8 Å². The summed E-state index contributed by atoms with van der Waals surface area (Å²) >= 11 is 0. The van der Waals surface area contributed by atoms with Crippen molar-refractivity contribution >= 4 is 5.91 Å². The van der Waals surface area contributed by atoms with Gasteiger partial charge in [-0.3, -0.25) is 4.79 Å². The molecule has 0 heterocycles. The quantitative estimate of drug-likeness (QED) is 0.558. The summed E-state index contributed by atoms with van der Waals surface area (Å²) in [7, 11) is 0. The Morgan fingerprint density at radius 1 is 1.54 bits per heavy atom. The van der Waals surface area contributed by atoms with E-state index in [-0.39, 0.29) is 17.9 Å². The lowest BCUT2D eigenvalue weighted by Gasteiger charge is -2.18. The Kier molecular flexibility index (Phi) is 6.54. The van der Waals surface area contributed by atoms with Gasteiger partial charge in [0.1, 0.15) is 0 Å². The van der Waals surface area contributed by atoms with Crippen LogP contribution in [-0.4, -0.2) is 31.7 Å². The Morgan fingerprint density at radius 3 is 2.54 bits per heavy atom. The minimum atomic E-state index is -0.300. The highest BCUT2D eigenvalue weighted by Gasteiger charge is 2.17. The molecular weight excluding hydrogens is 168 g/mol. The van der Waals surface area contributed by atoms with E-state index in [1.54, 1.807) is 0 Å². The summed E-state index contributed by atoms with van der Waals surface area (Å²) in [6.07, 6.45) is 0. The molecule has 1 amide bonds. The lowest BCUT2D eigenvalue weighted by atomic mass is 10.0. The average Bonchev–Trinajstić information content (AvgIpc) is 2.02. The number of nitrogens with two attached hydrogens (primary N) is 1.